The highest BCUT2D eigenvalue weighted by Gasteiger charge is 2.50. The van der Waals surface area contributed by atoms with E-state index in [9.17, 15) is 9.00 Å². The van der Waals surface area contributed by atoms with Crippen LogP contribution in [0, 0.1) is 3.70 Å². The maximum Gasteiger partial charge on any atom is 0.264 e. The van der Waals surface area contributed by atoms with Crippen molar-refractivity contribution >= 4 is 50.6 Å². The minimum absolute atomic E-state index is 0.0424. The number of nitrogens with one attached hydrogen (secondary N) is 3. The molecule has 3 aromatic heterocycles. The molecule has 10 nitrogen and oxygen atoms in total. The Bertz CT molecular complexity index is 1220. The lowest BCUT2D eigenvalue weighted by Gasteiger charge is -2.43. The van der Waals surface area contributed by atoms with Crippen LogP contribution in [0.25, 0.3) is 11.0 Å². The molecule has 0 radical (unpaired) electrons. The monoisotopic (exact) mass is 556 g/mol. The first-order valence-electron chi connectivity index (χ1n) is 10.3. The van der Waals surface area contributed by atoms with Crippen molar-refractivity contribution in [2.24, 2.45) is 0 Å². The van der Waals surface area contributed by atoms with Gasteiger partial charge >= 0.3 is 0 Å². The van der Waals surface area contributed by atoms with Crippen molar-refractivity contribution in [3.05, 3.63) is 32.0 Å². The molecule has 0 amide bonds. The van der Waals surface area contributed by atoms with Gasteiger partial charge in [-0.15, -0.1) is 0 Å². The highest BCUT2D eigenvalue weighted by atomic mass is 127. The first-order valence-corrected chi connectivity index (χ1v) is 12.5. The summed E-state index contributed by atoms with van der Waals surface area (Å²) in [4.78, 5) is 22.1. The van der Waals surface area contributed by atoms with E-state index in [1.165, 1.54) is 5.69 Å². The van der Waals surface area contributed by atoms with Crippen LogP contribution in [0.1, 0.15) is 39.3 Å². The molecule has 0 unspecified atom stereocenters. The quantitative estimate of drug-likeness (QED) is 0.420. The third kappa shape index (κ3) is 3.42. The van der Waals surface area contributed by atoms with Crippen molar-refractivity contribution in [2.75, 3.05) is 18.0 Å². The van der Waals surface area contributed by atoms with E-state index in [2.05, 4.69) is 63.5 Å². The number of anilines is 1. The second kappa shape index (κ2) is 7.37. The summed E-state index contributed by atoms with van der Waals surface area (Å²) in [5.74, 6) is 0.546. The summed E-state index contributed by atoms with van der Waals surface area (Å²) in [6, 6.07) is 2.12. The van der Waals surface area contributed by atoms with Crippen LogP contribution in [0.3, 0.4) is 0 Å². The highest BCUT2D eigenvalue weighted by molar-refractivity contribution is 14.1. The Morgan fingerprint density at radius 1 is 1.32 bits per heavy atom. The molecule has 5 heterocycles. The molecule has 5 rings (SSSR count). The first kappa shape index (κ1) is 21.1. The van der Waals surface area contributed by atoms with Crippen LogP contribution in [0.2, 0.25) is 0 Å². The Labute approximate surface area is 195 Å². The van der Waals surface area contributed by atoms with Gasteiger partial charge in [-0.25, -0.2) is 8.93 Å². The number of rotatable bonds is 3. The molecule has 2 atom stereocenters. The van der Waals surface area contributed by atoms with Crippen molar-refractivity contribution in [1.82, 2.24) is 34.7 Å². The topological polar surface area (TPSA) is 125 Å². The lowest BCUT2D eigenvalue weighted by molar-refractivity contribution is 0.277. The molecule has 0 aromatic carbocycles. The fourth-order valence-electron chi connectivity index (χ4n) is 4.64. The minimum Gasteiger partial charge on any atom is -0.342 e. The SMILES string of the molecule is CC(C)(C)[S@@](=O)N[C@@H]1Cn2nccc2C12CCN(c1nc3n[nH]c(I)c3c(=O)[nH]1)CC2. The van der Waals surface area contributed by atoms with E-state index in [4.69, 9.17) is 0 Å². The number of H-pyrrole nitrogens is 2. The number of halogens is 1. The van der Waals surface area contributed by atoms with E-state index < -0.39 is 11.0 Å². The summed E-state index contributed by atoms with van der Waals surface area (Å²) >= 11 is 2.05. The van der Waals surface area contributed by atoms with Crippen molar-refractivity contribution < 1.29 is 4.21 Å². The van der Waals surface area contributed by atoms with Crippen LogP contribution >= 0.6 is 22.6 Å². The summed E-state index contributed by atoms with van der Waals surface area (Å²) in [5, 5.41) is 11.9. The summed E-state index contributed by atoms with van der Waals surface area (Å²) in [6.45, 7) is 8.09. The summed E-state index contributed by atoms with van der Waals surface area (Å²) < 4.78 is 18.7. The average molecular weight is 556 g/mol. The van der Waals surface area contributed by atoms with Crippen LogP contribution in [0.15, 0.2) is 17.1 Å². The predicted molar refractivity (Wildman–Crippen MR) is 127 cm³/mol. The Morgan fingerprint density at radius 3 is 2.77 bits per heavy atom. The van der Waals surface area contributed by atoms with E-state index in [1.54, 1.807) is 0 Å². The van der Waals surface area contributed by atoms with E-state index in [-0.39, 0.29) is 21.8 Å². The number of hydrogen-bond donors (Lipinski definition) is 3. The van der Waals surface area contributed by atoms with Gasteiger partial charge in [0, 0.05) is 30.4 Å². The predicted octanol–water partition coefficient (Wildman–Crippen LogP) is 1.42. The Morgan fingerprint density at radius 2 is 2.06 bits per heavy atom. The third-order valence-electron chi connectivity index (χ3n) is 6.38. The molecule has 0 bridgehead atoms. The van der Waals surface area contributed by atoms with Crippen LogP contribution in [0.4, 0.5) is 5.95 Å². The molecule has 1 fully saturated rings. The summed E-state index contributed by atoms with van der Waals surface area (Å²) in [7, 11) is -1.17. The first-order chi connectivity index (χ1) is 14.7. The summed E-state index contributed by atoms with van der Waals surface area (Å²) in [6.07, 6.45) is 3.53. The minimum atomic E-state index is -1.17. The highest BCUT2D eigenvalue weighted by Crippen LogP contribution is 2.44. The zero-order valence-corrected chi connectivity index (χ0v) is 20.6. The van der Waals surface area contributed by atoms with Gasteiger partial charge in [0.05, 0.1) is 28.3 Å². The van der Waals surface area contributed by atoms with Gasteiger partial charge < -0.3 is 4.90 Å². The molecular formula is C19H25IN8O2S. The Hall–Kier alpha value is -1.80. The van der Waals surface area contributed by atoms with Crippen LogP contribution in [-0.4, -0.2) is 58.0 Å². The zero-order chi connectivity index (χ0) is 22.0. The van der Waals surface area contributed by atoms with E-state index in [1.807, 2.05) is 31.6 Å². The van der Waals surface area contributed by atoms with Crippen LogP contribution in [0.5, 0.6) is 0 Å². The number of aromatic amines is 2. The third-order valence-corrected chi connectivity index (χ3v) is 8.77. The molecule has 2 aliphatic heterocycles. The number of nitrogens with zero attached hydrogens (tertiary/aromatic N) is 5. The van der Waals surface area contributed by atoms with E-state index in [0.29, 0.717) is 27.2 Å². The smallest absolute Gasteiger partial charge is 0.264 e. The average Bonchev–Trinajstić information content (AvgIpc) is 3.39. The lowest BCUT2D eigenvalue weighted by atomic mass is 9.72. The molecule has 0 aliphatic carbocycles. The molecular weight excluding hydrogens is 531 g/mol. The molecule has 31 heavy (non-hydrogen) atoms. The zero-order valence-electron chi connectivity index (χ0n) is 17.6. The largest absolute Gasteiger partial charge is 0.342 e. The summed E-state index contributed by atoms with van der Waals surface area (Å²) in [5.41, 5.74) is 1.29. The van der Waals surface area contributed by atoms with Gasteiger partial charge in [0.15, 0.2) is 5.65 Å². The normalized spacial score (nSPS) is 21.7. The van der Waals surface area contributed by atoms with Crippen molar-refractivity contribution in [2.45, 2.75) is 56.4 Å². The van der Waals surface area contributed by atoms with Crippen molar-refractivity contribution in [1.29, 1.82) is 0 Å². The van der Waals surface area contributed by atoms with Gasteiger partial charge in [-0.2, -0.15) is 15.2 Å². The molecule has 1 saturated heterocycles. The maximum absolute atomic E-state index is 12.9. The number of hydrogen-bond acceptors (Lipinski definition) is 6. The molecule has 0 saturated carbocycles. The van der Waals surface area contributed by atoms with Gasteiger partial charge in [-0.1, -0.05) is 0 Å². The Kier molecular flexibility index (Phi) is 5.01. The lowest BCUT2D eigenvalue weighted by Crippen LogP contribution is -2.54. The second-order valence-electron chi connectivity index (χ2n) is 9.22. The maximum atomic E-state index is 12.9. The van der Waals surface area contributed by atoms with Crippen molar-refractivity contribution in [3.63, 3.8) is 0 Å². The van der Waals surface area contributed by atoms with E-state index in [0.717, 1.165) is 25.9 Å². The van der Waals surface area contributed by atoms with Crippen LogP contribution < -0.4 is 15.2 Å². The molecule has 3 N–H and O–H groups in total. The molecule has 3 aromatic rings. The standard InChI is InChI=1S/C19H25IN8O2S/c1-18(2,3)31(30)26-11-10-28-12(4-7-21-28)19(11)5-8-27(9-6-19)17-22-15-13(16(29)23-17)14(20)24-25-15/h4,7,11,26H,5-6,8-10H2,1-3H3,(H2,22,23,24,25,29)/t11-,31-/m1/s1. The van der Waals surface area contributed by atoms with Gasteiger partial charge in [-0.3, -0.25) is 19.6 Å². The Balaban J connectivity index is 1.42. The molecule has 1 spiro atoms. The number of fused-ring (bicyclic) bond motifs is 3. The number of piperidine rings is 1. The number of aromatic nitrogens is 6. The van der Waals surface area contributed by atoms with Gasteiger partial charge in [-0.05, 0) is 62.3 Å². The molecule has 2 aliphatic rings. The van der Waals surface area contributed by atoms with Crippen LogP contribution in [-0.2, 0) is 22.9 Å². The molecule has 166 valence electrons. The van der Waals surface area contributed by atoms with E-state index >= 15 is 0 Å². The fourth-order valence-corrected chi connectivity index (χ4v) is 6.16. The van der Waals surface area contributed by atoms with Gasteiger partial charge in [0.1, 0.15) is 9.09 Å². The van der Waals surface area contributed by atoms with Gasteiger partial charge in [0.25, 0.3) is 5.56 Å². The second-order valence-corrected chi connectivity index (χ2v) is 12.3. The fraction of sp³-hybridized carbons (Fsp3) is 0.579. The van der Waals surface area contributed by atoms with Crippen molar-refractivity contribution in [3.8, 4) is 0 Å². The van der Waals surface area contributed by atoms with Gasteiger partial charge in [0.2, 0.25) is 5.95 Å². The molecule has 12 heteroatoms.